The highest BCUT2D eigenvalue weighted by Crippen LogP contribution is 2.32. The standard InChI is InChI=1S/C10H13Cl.C10H15FN.C10H13F.C10H15N.C10H14.C9H12ClN.C9H14N2.2C9H13N.C9H14O2.C7H11NS/c1-10(2,3)8-6-4-5-7-9(8)11;1-10(2,3)8-5-6-12(4)7-9(8)11;2*1-10(2,3)8-6-4-5-7-9(8)11;1-10(2,3)9-7-5-4-6-8-9;1-9(2,3)8-7(10)5-4-6-11-8;1-7-10-6-5-8(11-7)9(2,3)4;1-9(2,3)8-5-4-6-10-7-8;1-9(2,3)8-6-4-5-7-10-8;1-9(2,3)8-5-4-7(6-10)11-8;1-7(2,3)6-4-8-5-9-6/h4-7H,1-3H3;5-7H,1-4H3;4-7H,1-3H3;4-7H,11H2,1-3H3;4-8H,1-3H3;4-6H,1-3H3;5-6H,1-4H3;2*4-7H,1-3H3;4-5,10H,6H2,1-3H3;4-5H,1-3H3/q;+1;;;;;;;;;. The van der Waals surface area contributed by atoms with Crippen molar-refractivity contribution in [3.63, 3.8) is 0 Å². The van der Waals surface area contributed by atoms with Crippen LogP contribution in [0, 0.1) is 18.6 Å². The molecule has 11 aromatic rings. The number of anilines is 1. The fourth-order valence-electron chi connectivity index (χ4n) is 10.3. The summed E-state index contributed by atoms with van der Waals surface area (Å²) in [6.45, 7) is 72.2. The number of aliphatic hydroxyl groups is 1. The minimum atomic E-state index is -0.132. The third kappa shape index (κ3) is 43.3. The number of nitrogens with zero attached hydrogens (tertiary/aromatic N) is 7. The van der Waals surface area contributed by atoms with Crippen LogP contribution >= 0.6 is 34.5 Å². The van der Waals surface area contributed by atoms with Gasteiger partial charge in [0.15, 0.2) is 12.0 Å². The van der Waals surface area contributed by atoms with Crippen LogP contribution in [-0.2, 0) is 73.2 Å². The lowest BCUT2D eigenvalue weighted by atomic mass is 9.86. The van der Waals surface area contributed by atoms with E-state index >= 15 is 0 Å². The van der Waals surface area contributed by atoms with Crippen molar-refractivity contribution in [1.82, 2.24) is 29.9 Å². The summed E-state index contributed by atoms with van der Waals surface area (Å²) in [6.07, 6.45) is 14.4. The Morgan fingerprint density at radius 1 is 0.393 bits per heavy atom. The topological polar surface area (TPSA) is 141 Å². The number of aliphatic hydroxyl groups excluding tert-OH is 1. The lowest BCUT2D eigenvalue weighted by Crippen LogP contribution is -2.29. The molecule has 10 nitrogen and oxygen atoms in total. The molecule has 0 aliphatic carbocycles. The van der Waals surface area contributed by atoms with E-state index in [1.807, 2.05) is 189 Å². The summed E-state index contributed by atoms with van der Waals surface area (Å²) in [5.41, 5.74) is 19.7. The molecule has 0 amide bonds. The molecule has 0 aliphatic heterocycles. The molecule has 0 fully saturated rings. The Kier molecular flexibility index (Phi) is 43.3. The van der Waals surface area contributed by atoms with Crippen molar-refractivity contribution in [1.29, 1.82) is 0 Å². The average Bonchev–Trinajstić information content (AvgIpc) is 1.67. The van der Waals surface area contributed by atoms with Crippen LogP contribution in [0.2, 0.25) is 10.0 Å². The van der Waals surface area contributed by atoms with Crippen LogP contribution in [0.3, 0.4) is 0 Å². The zero-order valence-corrected chi connectivity index (χ0v) is 80.4. The molecule has 4 aromatic carbocycles. The predicted molar refractivity (Wildman–Crippen MR) is 500 cm³/mol. The number of rotatable bonds is 1. The van der Waals surface area contributed by atoms with Gasteiger partial charge in [0.1, 0.15) is 36.8 Å². The van der Waals surface area contributed by atoms with Gasteiger partial charge in [0, 0.05) is 97.4 Å². The van der Waals surface area contributed by atoms with Crippen molar-refractivity contribution in [3.8, 4) is 0 Å². The van der Waals surface area contributed by atoms with Gasteiger partial charge in [-0.3, -0.25) is 19.9 Å². The number of nitrogen functional groups attached to an aromatic ring is 1. The third-order valence-corrected chi connectivity index (χ3v) is 19.2. The largest absolute Gasteiger partial charge is 0.463 e. The number of benzene rings is 4. The first-order chi connectivity index (χ1) is 53.4. The van der Waals surface area contributed by atoms with Crippen LogP contribution in [0.4, 0.5) is 14.5 Å². The summed E-state index contributed by atoms with van der Waals surface area (Å²) in [5.74, 6) is 2.15. The Morgan fingerprint density at radius 3 is 1.18 bits per heavy atom. The smallest absolute Gasteiger partial charge is 0.204 e. The number of furan rings is 1. The molecule has 0 aliphatic rings. The minimum absolute atomic E-state index is 0.0178. The van der Waals surface area contributed by atoms with E-state index in [1.165, 1.54) is 39.4 Å². The third-order valence-electron chi connectivity index (χ3n) is 17.3. The highest BCUT2D eigenvalue weighted by atomic mass is 35.5. The average molecular weight is 1660 g/mol. The maximum absolute atomic E-state index is 13.3. The number of aryl methyl sites for hydroxylation is 2. The molecule has 0 saturated carbocycles. The van der Waals surface area contributed by atoms with Gasteiger partial charge in [-0.25, -0.2) is 23.3 Å². The second-order valence-corrected chi connectivity index (χ2v) is 41.8. The number of halogens is 4. The van der Waals surface area contributed by atoms with Crippen LogP contribution in [-0.4, -0.2) is 35.0 Å². The monoisotopic (exact) mass is 1660 g/mol. The van der Waals surface area contributed by atoms with Gasteiger partial charge in [-0.1, -0.05) is 349 Å². The van der Waals surface area contributed by atoms with E-state index in [-0.39, 0.29) is 72.4 Å². The number of hydrogen-bond donors (Lipinski definition) is 2. The summed E-state index contributed by atoms with van der Waals surface area (Å²) in [4.78, 5) is 26.3. The van der Waals surface area contributed by atoms with Crippen molar-refractivity contribution in [2.24, 2.45) is 7.05 Å². The number of nitrogens with two attached hydrogens (primary N) is 1. The van der Waals surface area contributed by atoms with E-state index in [0.717, 1.165) is 55.5 Å². The van der Waals surface area contributed by atoms with Gasteiger partial charge in [-0.2, -0.15) is 0 Å². The Bertz CT molecular complexity index is 4210. The Hall–Kier alpha value is -8.33. The summed E-state index contributed by atoms with van der Waals surface area (Å²) in [6, 6.07) is 54.8. The van der Waals surface area contributed by atoms with E-state index in [0.29, 0.717) is 11.2 Å². The Labute approximate surface area is 721 Å². The molecule has 0 atom stereocenters. The molecule has 7 aromatic heterocycles. The SMILES string of the molecule is CC(C)(C)c1ccc(CO)o1.CC(C)(C)c1ccccc1.CC(C)(C)c1ccccc1Cl.CC(C)(C)c1ccccc1F.CC(C)(C)c1ccccc1N.CC(C)(C)c1ccccn1.CC(C)(C)c1cccnc1.CC(C)(C)c1cncs1.CC(C)(C)c1ncccc1Cl.C[n+]1ccc(C(C)(C)C)c(F)c1.Cc1nccc(C(C)(C)C)n1. The maximum Gasteiger partial charge on any atom is 0.204 e. The van der Waals surface area contributed by atoms with E-state index < -0.39 is 0 Å². The molecule has 0 bridgehead atoms. The van der Waals surface area contributed by atoms with E-state index in [4.69, 9.17) is 38.5 Å². The first kappa shape index (κ1) is 107. The fraction of sp³-hybridized carbons (Fsp3) is 0.461. The molecule has 0 spiro atoms. The van der Waals surface area contributed by atoms with Crippen molar-refractivity contribution >= 4 is 40.2 Å². The van der Waals surface area contributed by atoms with Crippen LogP contribution < -0.4 is 10.3 Å². The highest BCUT2D eigenvalue weighted by Gasteiger charge is 2.24. The highest BCUT2D eigenvalue weighted by molar-refractivity contribution is 7.09. The molecule has 0 saturated heterocycles. The summed E-state index contributed by atoms with van der Waals surface area (Å²) in [5, 5.41) is 10.3. The minimum Gasteiger partial charge on any atom is -0.463 e. The first-order valence-electron chi connectivity index (χ1n) is 40.3. The van der Waals surface area contributed by atoms with Crippen molar-refractivity contribution in [2.45, 2.75) is 302 Å². The molecule has 0 unspecified atom stereocenters. The molecular formula is C102H147Cl2F2N8O2S+. The molecule has 117 heavy (non-hydrogen) atoms. The first-order valence-corrected chi connectivity index (χ1v) is 41.9. The summed E-state index contributed by atoms with van der Waals surface area (Å²) in [7, 11) is 1.82. The number of pyridine rings is 4. The molecule has 0 radical (unpaired) electrons. The number of hydrogen-bond acceptors (Lipinski definition) is 10. The normalized spacial score (nSPS) is 11.7. The van der Waals surface area contributed by atoms with Gasteiger partial charge in [-0.05, 0) is 139 Å². The summed E-state index contributed by atoms with van der Waals surface area (Å²) >= 11 is 13.7. The molecule has 640 valence electrons. The number of para-hydroxylation sites is 1. The van der Waals surface area contributed by atoms with Gasteiger partial charge >= 0.3 is 0 Å². The molecule has 11 rings (SSSR count). The molecule has 15 heteroatoms. The van der Waals surface area contributed by atoms with Crippen LogP contribution in [0.5, 0.6) is 0 Å². The fourth-order valence-corrected chi connectivity index (χ4v) is 11.8. The lowest BCUT2D eigenvalue weighted by Gasteiger charge is -2.20. The van der Waals surface area contributed by atoms with Gasteiger partial charge in [0.2, 0.25) is 6.20 Å². The molecule has 3 N–H and O–H groups in total. The van der Waals surface area contributed by atoms with Crippen molar-refractivity contribution in [2.75, 3.05) is 5.73 Å². The quantitative estimate of drug-likeness (QED) is 0.121. The van der Waals surface area contributed by atoms with E-state index in [9.17, 15) is 8.78 Å². The number of thiazole rings is 1. The Morgan fingerprint density at radius 2 is 0.863 bits per heavy atom. The van der Waals surface area contributed by atoms with E-state index in [1.54, 1.807) is 40.4 Å². The zero-order valence-electron chi connectivity index (χ0n) is 78.1. The van der Waals surface area contributed by atoms with E-state index in [2.05, 4.69) is 271 Å². The van der Waals surface area contributed by atoms with Crippen LogP contribution in [0.1, 0.15) is 301 Å². The predicted octanol–water partition coefficient (Wildman–Crippen LogP) is 28.6. The zero-order chi connectivity index (χ0) is 90.0. The van der Waals surface area contributed by atoms with Crippen LogP contribution in [0.25, 0.3) is 0 Å². The van der Waals surface area contributed by atoms with Gasteiger partial charge in [-0.15, -0.1) is 11.3 Å². The summed E-state index contributed by atoms with van der Waals surface area (Å²) < 4.78 is 33.5. The van der Waals surface area contributed by atoms with Crippen molar-refractivity contribution < 1.29 is 22.9 Å². The second-order valence-electron chi connectivity index (χ2n) is 40.1. The van der Waals surface area contributed by atoms with Gasteiger partial charge < -0.3 is 15.3 Å². The van der Waals surface area contributed by atoms with Crippen LogP contribution in [0.15, 0.2) is 229 Å². The lowest BCUT2D eigenvalue weighted by molar-refractivity contribution is -0.673. The molecule has 7 heterocycles. The van der Waals surface area contributed by atoms with Gasteiger partial charge in [0.05, 0.1) is 16.2 Å². The van der Waals surface area contributed by atoms with Crippen molar-refractivity contribution in [3.05, 3.63) is 319 Å². The Balaban J connectivity index is 0.000000644. The molecular weight excluding hydrogens is 1510 g/mol. The van der Waals surface area contributed by atoms with Gasteiger partial charge in [0.25, 0.3) is 0 Å². The number of aromatic nitrogens is 7. The second kappa shape index (κ2) is 47.5. The maximum atomic E-state index is 13.3.